The molecular formula is C46H89O13P. The number of carbonyl (C=O) groups excluding carboxylic acids is 2. The van der Waals surface area contributed by atoms with Gasteiger partial charge in [-0.3, -0.25) is 18.6 Å². The van der Waals surface area contributed by atoms with E-state index in [2.05, 4.69) is 13.8 Å². The molecule has 356 valence electrons. The minimum atomic E-state index is -5.11. The molecule has 0 amide bonds. The van der Waals surface area contributed by atoms with Crippen LogP contribution in [0.1, 0.15) is 226 Å². The summed E-state index contributed by atoms with van der Waals surface area (Å²) in [5.41, 5.74) is 0. The largest absolute Gasteiger partial charge is 0.472 e. The van der Waals surface area contributed by atoms with Crippen LogP contribution in [0.5, 0.6) is 0 Å². The van der Waals surface area contributed by atoms with Gasteiger partial charge in [0.15, 0.2) is 6.10 Å². The van der Waals surface area contributed by atoms with Gasteiger partial charge >= 0.3 is 19.8 Å². The van der Waals surface area contributed by atoms with Gasteiger partial charge in [-0.15, -0.1) is 0 Å². The number of carbonyl (C=O) groups is 2. The molecule has 6 unspecified atom stereocenters. The summed E-state index contributed by atoms with van der Waals surface area (Å²) in [5, 5.41) is 50.2. The molecule has 0 spiro atoms. The van der Waals surface area contributed by atoms with Crippen LogP contribution in [0.3, 0.4) is 0 Å². The summed E-state index contributed by atoms with van der Waals surface area (Å²) >= 11 is 0. The van der Waals surface area contributed by atoms with E-state index in [-0.39, 0.29) is 12.8 Å². The Hall–Kier alpha value is -1.15. The molecule has 0 aromatic heterocycles. The molecule has 1 fully saturated rings. The summed E-state index contributed by atoms with van der Waals surface area (Å²) in [4.78, 5) is 35.7. The fraction of sp³-hybridized carbons (Fsp3) is 0.957. The number of unbranched alkanes of at least 4 members (excludes halogenated alkanes) is 29. The monoisotopic (exact) mass is 881 g/mol. The lowest BCUT2D eigenvalue weighted by Crippen LogP contribution is -2.64. The first-order chi connectivity index (χ1) is 28.9. The molecule has 0 heterocycles. The summed E-state index contributed by atoms with van der Waals surface area (Å²) in [6.07, 6.45) is 24.4. The van der Waals surface area contributed by atoms with Crippen LogP contribution < -0.4 is 0 Å². The van der Waals surface area contributed by atoms with Gasteiger partial charge in [0.1, 0.15) is 43.2 Å². The van der Waals surface area contributed by atoms with E-state index < -0.39 is 75.7 Å². The van der Waals surface area contributed by atoms with E-state index in [1.165, 1.54) is 148 Å². The minimum Gasteiger partial charge on any atom is -0.462 e. The van der Waals surface area contributed by atoms with Crippen LogP contribution in [-0.4, -0.2) is 98.3 Å². The lowest BCUT2D eigenvalue weighted by molar-refractivity contribution is -0.220. The van der Waals surface area contributed by atoms with Crippen molar-refractivity contribution in [1.29, 1.82) is 0 Å². The van der Waals surface area contributed by atoms with E-state index in [9.17, 15) is 44.6 Å². The van der Waals surface area contributed by atoms with Crippen molar-refractivity contribution >= 4 is 19.8 Å². The third-order valence-corrected chi connectivity index (χ3v) is 12.7. The van der Waals surface area contributed by atoms with Crippen molar-refractivity contribution in [3.05, 3.63) is 0 Å². The minimum absolute atomic E-state index is 0.105. The Kier molecular flexibility index (Phi) is 35.3. The Morgan fingerprint density at radius 1 is 0.450 bits per heavy atom. The quantitative estimate of drug-likeness (QED) is 0.0192. The number of hydrogen-bond donors (Lipinski definition) is 6. The van der Waals surface area contributed by atoms with Crippen molar-refractivity contribution in [1.82, 2.24) is 0 Å². The Morgan fingerprint density at radius 2 is 0.750 bits per heavy atom. The zero-order valence-corrected chi connectivity index (χ0v) is 38.7. The van der Waals surface area contributed by atoms with Crippen LogP contribution in [0.15, 0.2) is 0 Å². The smallest absolute Gasteiger partial charge is 0.462 e. The number of aliphatic hydroxyl groups excluding tert-OH is 5. The van der Waals surface area contributed by atoms with Crippen molar-refractivity contribution < 1.29 is 63.1 Å². The fourth-order valence-electron chi connectivity index (χ4n) is 7.76. The van der Waals surface area contributed by atoms with Crippen molar-refractivity contribution in [2.24, 2.45) is 0 Å². The topological polar surface area (TPSA) is 210 Å². The van der Waals surface area contributed by atoms with E-state index in [0.29, 0.717) is 12.8 Å². The molecule has 0 bridgehead atoms. The maximum atomic E-state index is 12.8. The van der Waals surface area contributed by atoms with E-state index in [0.717, 1.165) is 38.5 Å². The standard InChI is InChI=1S/C46H89O13P/c1-3-5-7-9-11-13-15-17-19-21-22-24-26-28-30-32-34-39(47)56-36-38(37-57-60(54,55)59-46-44(52)42(50)41(49)43(51)45(46)53)58-40(48)35-33-31-29-27-25-23-20-18-16-14-12-10-8-6-4-2/h38,41-46,49-53H,3-37H2,1-2H3,(H,54,55)/t38-,41?,42-,43?,44?,45?,46?/m0/s1. The molecule has 0 radical (unpaired) electrons. The predicted octanol–water partition coefficient (Wildman–Crippen LogP) is 9.67. The van der Waals surface area contributed by atoms with E-state index in [4.69, 9.17) is 18.5 Å². The summed E-state index contributed by atoms with van der Waals surface area (Å²) in [6, 6.07) is 0. The van der Waals surface area contributed by atoms with Crippen LogP contribution in [0.25, 0.3) is 0 Å². The second-order valence-corrected chi connectivity index (χ2v) is 18.7. The third-order valence-electron chi connectivity index (χ3n) is 11.7. The van der Waals surface area contributed by atoms with Gasteiger partial charge in [0.25, 0.3) is 0 Å². The van der Waals surface area contributed by atoms with E-state index in [1.54, 1.807) is 0 Å². The third kappa shape index (κ3) is 29.3. The zero-order chi connectivity index (χ0) is 44.3. The summed E-state index contributed by atoms with van der Waals surface area (Å²) < 4.78 is 33.6. The first-order valence-electron chi connectivity index (χ1n) is 24.3. The molecule has 1 aliphatic rings. The molecule has 0 aromatic rings. The van der Waals surface area contributed by atoms with Crippen molar-refractivity contribution in [2.45, 2.75) is 268 Å². The van der Waals surface area contributed by atoms with Gasteiger partial charge in [-0.2, -0.15) is 0 Å². The highest BCUT2D eigenvalue weighted by Gasteiger charge is 2.51. The first kappa shape index (κ1) is 56.9. The van der Waals surface area contributed by atoms with Crippen molar-refractivity contribution in [2.75, 3.05) is 13.2 Å². The van der Waals surface area contributed by atoms with Gasteiger partial charge in [0.2, 0.25) is 0 Å². The Bertz CT molecular complexity index is 1060. The van der Waals surface area contributed by atoms with Crippen LogP contribution >= 0.6 is 7.82 Å². The van der Waals surface area contributed by atoms with E-state index >= 15 is 0 Å². The Balaban J connectivity index is 2.42. The Labute approximate surface area is 363 Å². The van der Waals surface area contributed by atoms with Gasteiger partial charge in [0, 0.05) is 12.8 Å². The zero-order valence-electron chi connectivity index (χ0n) is 37.8. The number of rotatable bonds is 41. The molecule has 14 heteroatoms. The second kappa shape index (κ2) is 37.2. The molecule has 0 aromatic carbocycles. The van der Waals surface area contributed by atoms with Crippen molar-refractivity contribution in [3.63, 3.8) is 0 Å². The molecule has 0 aliphatic heterocycles. The van der Waals surface area contributed by atoms with E-state index in [1.807, 2.05) is 0 Å². The molecule has 1 saturated carbocycles. The highest BCUT2D eigenvalue weighted by atomic mass is 31.2. The summed E-state index contributed by atoms with van der Waals surface area (Å²) in [6.45, 7) is 3.33. The number of phosphoric acid groups is 1. The highest BCUT2D eigenvalue weighted by molar-refractivity contribution is 7.47. The SMILES string of the molecule is CCCCCCCCCCCCCCCCCCC(=O)OC[C@@H](COP(=O)(O)OC1C(O)C(O)C(O)[C@H](O)C1O)OC(=O)CCCCCCCCCCCCCCCCC. The maximum Gasteiger partial charge on any atom is 0.472 e. The van der Waals surface area contributed by atoms with Gasteiger partial charge < -0.3 is 39.9 Å². The number of esters is 2. The maximum absolute atomic E-state index is 12.8. The normalized spacial score (nSPS) is 22.1. The van der Waals surface area contributed by atoms with Crippen LogP contribution in [-0.2, 0) is 32.7 Å². The average Bonchev–Trinajstić information content (AvgIpc) is 3.23. The van der Waals surface area contributed by atoms with Gasteiger partial charge in [-0.1, -0.05) is 200 Å². The lowest BCUT2D eigenvalue weighted by Gasteiger charge is -2.41. The number of phosphoric ester groups is 1. The molecule has 1 rings (SSSR count). The first-order valence-corrected chi connectivity index (χ1v) is 25.8. The number of ether oxygens (including phenoxy) is 2. The molecule has 6 N–H and O–H groups in total. The molecule has 8 atom stereocenters. The van der Waals surface area contributed by atoms with Crippen LogP contribution in [0, 0.1) is 0 Å². The molecule has 0 saturated heterocycles. The fourth-order valence-corrected chi connectivity index (χ4v) is 8.73. The predicted molar refractivity (Wildman–Crippen MR) is 235 cm³/mol. The van der Waals surface area contributed by atoms with Gasteiger partial charge in [-0.25, -0.2) is 4.57 Å². The van der Waals surface area contributed by atoms with Crippen LogP contribution in [0.2, 0.25) is 0 Å². The highest BCUT2D eigenvalue weighted by Crippen LogP contribution is 2.47. The van der Waals surface area contributed by atoms with Gasteiger partial charge in [-0.05, 0) is 12.8 Å². The van der Waals surface area contributed by atoms with Gasteiger partial charge in [0.05, 0.1) is 6.61 Å². The van der Waals surface area contributed by atoms with Crippen LogP contribution in [0.4, 0.5) is 0 Å². The molecule has 60 heavy (non-hydrogen) atoms. The summed E-state index contributed by atoms with van der Waals surface area (Å²) in [5.74, 6) is -1.08. The average molecular weight is 881 g/mol. The number of hydrogen-bond acceptors (Lipinski definition) is 12. The Morgan fingerprint density at radius 3 is 1.10 bits per heavy atom. The lowest BCUT2D eigenvalue weighted by atomic mass is 9.85. The molecule has 1 aliphatic carbocycles. The second-order valence-electron chi connectivity index (χ2n) is 17.3. The van der Waals surface area contributed by atoms with Crippen molar-refractivity contribution in [3.8, 4) is 0 Å². The number of aliphatic hydroxyl groups is 5. The molecular weight excluding hydrogens is 791 g/mol. The molecule has 13 nitrogen and oxygen atoms in total. The summed E-state index contributed by atoms with van der Waals surface area (Å²) in [7, 11) is -5.11.